The second-order valence-electron chi connectivity index (χ2n) is 3.00. The van der Waals surface area contributed by atoms with Crippen molar-refractivity contribution in [3.63, 3.8) is 0 Å². The fourth-order valence-electron chi connectivity index (χ4n) is 1.13. The number of aryl methyl sites for hydroxylation is 1. The first-order valence-electron chi connectivity index (χ1n) is 4.45. The van der Waals surface area contributed by atoms with Gasteiger partial charge in [0.05, 0.1) is 12.2 Å². The highest BCUT2D eigenvalue weighted by Gasteiger charge is 2.02. The molecule has 0 aliphatic rings. The van der Waals surface area contributed by atoms with E-state index < -0.39 is 0 Å². The second-order valence-corrected chi connectivity index (χ2v) is 3.99. The van der Waals surface area contributed by atoms with Crippen LogP contribution in [0.3, 0.4) is 0 Å². The van der Waals surface area contributed by atoms with Crippen LogP contribution in [0.1, 0.15) is 15.9 Å². The van der Waals surface area contributed by atoms with E-state index in [2.05, 4.69) is 0 Å². The number of carbonyl (C=O) groups is 1. The van der Waals surface area contributed by atoms with Crippen LogP contribution in [0, 0.1) is 6.92 Å². The number of carbonyl (C=O) groups excluding carboxylic acids is 1. The molecule has 0 aromatic heterocycles. The molecule has 14 heavy (non-hydrogen) atoms. The Kier molecular flexibility index (Phi) is 4.53. The summed E-state index contributed by atoms with van der Waals surface area (Å²) in [5.74, 6) is 1.62. The van der Waals surface area contributed by atoms with E-state index in [0.29, 0.717) is 17.9 Å². The van der Waals surface area contributed by atoms with Crippen LogP contribution in [0.25, 0.3) is 0 Å². The lowest BCUT2D eigenvalue weighted by Crippen LogP contribution is -2.02. The number of aldehydes is 1. The second kappa shape index (κ2) is 5.70. The van der Waals surface area contributed by atoms with Gasteiger partial charge in [-0.3, -0.25) is 4.79 Å². The SMILES string of the molecule is CSCCOc1ccc(C)cc1C=O. The van der Waals surface area contributed by atoms with Gasteiger partial charge in [0.25, 0.3) is 0 Å². The summed E-state index contributed by atoms with van der Waals surface area (Å²) in [5.41, 5.74) is 1.70. The van der Waals surface area contributed by atoms with Crippen LogP contribution in [0.4, 0.5) is 0 Å². The summed E-state index contributed by atoms with van der Waals surface area (Å²) in [6, 6.07) is 5.63. The highest BCUT2D eigenvalue weighted by atomic mass is 32.2. The van der Waals surface area contributed by atoms with Crippen molar-refractivity contribution >= 4 is 18.0 Å². The minimum Gasteiger partial charge on any atom is -0.492 e. The van der Waals surface area contributed by atoms with Crippen LogP contribution < -0.4 is 4.74 Å². The molecule has 0 bridgehead atoms. The van der Waals surface area contributed by atoms with Gasteiger partial charge in [0, 0.05) is 5.75 Å². The van der Waals surface area contributed by atoms with E-state index in [4.69, 9.17) is 4.74 Å². The molecule has 0 spiro atoms. The summed E-state index contributed by atoms with van der Waals surface area (Å²) in [4.78, 5) is 10.7. The molecule has 0 atom stereocenters. The molecular formula is C11H14O2S. The van der Waals surface area contributed by atoms with Crippen molar-refractivity contribution in [2.45, 2.75) is 6.92 Å². The van der Waals surface area contributed by atoms with Gasteiger partial charge in [-0.15, -0.1) is 0 Å². The van der Waals surface area contributed by atoms with Crippen LogP contribution in [0.15, 0.2) is 18.2 Å². The normalized spacial score (nSPS) is 9.86. The third kappa shape index (κ3) is 3.07. The van der Waals surface area contributed by atoms with Gasteiger partial charge in [-0.25, -0.2) is 0 Å². The largest absolute Gasteiger partial charge is 0.492 e. The lowest BCUT2D eigenvalue weighted by Gasteiger charge is -2.07. The maximum Gasteiger partial charge on any atom is 0.153 e. The Balaban J connectivity index is 2.70. The Morgan fingerprint density at radius 2 is 2.29 bits per heavy atom. The molecule has 3 heteroatoms. The molecule has 0 saturated heterocycles. The Labute approximate surface area is 88.7 Å². The lowest BCUT2D eigenvalue weighted by molar-refractivity contribution is 0.112. The number of rotatable bonds is 5. The highest BCUT2D eigenvalue weighted by Crippen LogP contribution is 2.18. The van der Waals surface area contributed by atoms with Crippen molar-refractivity contribution in [1.29, 1.82) is 0 Å². The standard InChI is InChI=1S/C11H14O2S/c1-9-3-4-11(10(7-9)8-12)13-5-6-14-2/h3-4,7-8H,5-6H2,1-2H3. The summed E-state index contributed by atoms with van der Waals surface area (Å²) in [6.07, 6.45) is 2.86. The number of hydrogen-bond acceptors (Lipinski definition) is 3. The average Bonchev–Trinajstić information content (AvgIpc) is 2.20. The summed E-state index contributed by atoms with van der Waals surface area (Å²) in [5, 5.41) is 0. The molecule has 0 heterocycles. The van der Waals surface area contributed by atoms with Gasteiger partial charge in [-0.05, 0) is 25.3 Å². The Morgan fingerprint density at radius 3 is 2.93 bits per heavy atom. The molecule has 0 radical (unpaired) electrons. The zero-order valence-electron chi connectivity index (χ0n) is 8.45. The molecule has 0 amide bonds. The molecule has 0 aliphatic heterocycles. The first kappa shape index (κ1) is 11.1. The van der Waals surface area contributed by atoms with E-state index >= 15 is 0 Å². The van der Waals surface area contributed by atoms with Crippen molar-refractivity contribution in [2.75, 3.05) is 18.6 Å². The van der Waals surface area contributed by atoms with E-state index in [1.165, 1.54) is 0 Å². The highest BCUT2D eigenvalue weighted by molar-refractivity contribution is 7.98. The predicted molar refractivity (Wildman–Crippen MR) is 60.4 cm³/mol. The molecule has 0 saturated carbocycles. The van der Waals surface area contributed by atoms with Gasteiger partial charge in [0.2, 0.25) is 0 Å². The van der Waals surface area contributed by atoms with Gasteiger partial charge in [-0.2, -0.15) is 11.8 Å². The summed E-state index contributed by atoms with van der Waals surface area (Å²) in [6.45, 7) is 2.60. The number of benzene rings is 1. The van der Waals surface area contributed by atoms with Crippen LogP contribution in [0.2, 0.25) is 0 Å². The molecule has 1 rings (SSSR count). The van der Waals surface area contributed by atoms with Gasteiger partial charge in [0.1, 0.15) is 5.75 Å². The Bertz CT molecular complexity index is 310. The minimum atomic E-state index is 0.631. The van der Waals surface area contributed by atoms with E-state index in [1.54, 1.807) is 11.8 Å². The predicted octanol–water partition coefficient (Wildman–Crippen LogP) is 2.55. The van der Waals surface area contributed by atoms with Crippen LogP contribution in [-0.2, 0) is 0 Å². The summed E-state index contributed by atoms with van der Waals surface area (Å²) < 4.78 is 5.47. The summed E-state index contributed by atoms with van der Waals surface area (Å²) >= 11 is 1.72. The van der Waals surface area contributed by atoms with Crippen LogP contribution >= 0.6 is 11.8 Å². The van der Waals surface area contributed by atoms with Crippen molar-refractivity contribution in [1.82, 2.24) is 0 Å². The molecular weight excluding hydrogens is 196 g/mol. The third-order valence-electron chi connectivity index (χ3n) is 1.84. The monoisotopic (exact) mass is 210 g/mol. The molecule has 1 aromatic carbocycles. The molecule has 0 N–H and O–H groups in total. The topological polar surface area (TPSA) is 26.3 Å². The Morgan fingerprint density at radius 1 is 1.50 bits per heavy atom. The number of ether oxygens (including phenoxy) is 1. The van der Waals surface area contributed by atoms with Crippen LogP contribution in [0.5, 0.6) is 5.75 Å². The quantitative estimate of drug-likeness (QED) is 0.552. The summed E-state index contributed by atoms with van der Waals surface area (Å²) in [7, 11) is 0. The maximum atomic E-state index is 10.7. The maximum absolute atomic E-state index is 10.7. The van der Waals surface area contributed by atoms with E-state index in [0.717, 1.165) is 17.6 Å². The molecule has 1 aromatic rings. The number of hydrogen-bond donors (Lipinski definition) is 0. The smallest absolute Gasteiger partial charge is 0.153 e. The first-order valence-corrected chi connectivity index (χ1v) is 5.85. The Hall–Kier alpha value is -0.960. The van der Waals surface area contributed by atoms with Crippen molar-refractivity contribution < 1.29 is 9.53 Å². The number of thioether (sulfide) groups is 1. The third-order valence-corrected chi connectivity index (χ3v) is 2.41. The fourth-order valence-corrected chi connectivity index (χ4v) is 1.38. The molecule has 0 aliphatic carbocycles. The van der Waals surface area contributed by atoms with Crippen molar-refractivity contribution in [3.8, 4) is 5.75 Å². The first-order chi connectivity index (χ1) is 6.77. The van der Waals surface area contributed by atoms with E-state index in [9.17, 15) is 4.79 Å². The molecule has 2 nitrogen and oxygen atoms in total. The molecule has 0 unspecified atom stereocenters. The van der Waals surface area contributed by atoms with Crippen molar-refractivity contribution in [3.05, 3.63) is 29.3 Å². The van der Waals surface area contributed by atoms with E-state index in [1.807, 2.05) is 31.4 Å². The fraction of sp³-hybridized carbons (Fsp3) is 0.364. The zero-order valence-corrected chi connectivity index (χ0v) is 9.26. The molecule has 76 valence electrons. The minimum absolute atomic E-state index is 0.631. The zero-order chi connectivity index (χ0) is 10.4. The molecule has 0 fully saturated rings. The average molecular weight is 210 g/mol. The van der Waals surface area contributed by atoms with Crippen molar-refractivity contribution in [2.24, 2.45) is 0 Å². The van der Waals surface area contributed by atoms with Gasteiger partial charge in [-0.1, -0.05) is 11.6 Å². The van der Waals surface area contributed by atoms with Gasteiger partial charge < -0.3 is 4.74 Å². The van der Waals surface area contributed by atoms with E-state index in [-0.39, 0.29) is 0 Å². The van der Waals surface area contributed by atoms with Gasteiger partial charge in [0.15, 0.2) is 6.29 Å². The van der Waals surface area contributed by atoms with Gasteiger partial charge >= 0.3 is 0 Å². The lowest BCUT2D eigenvalue weighted by atomic mass is 10.1. The van der Waals surface area contributed by atoms with Crippen LogP contribution in [-0.4, -0.2) is 24.9 Å².